The summed E-state index contributed by atoms with van der Waals surface area (Å²) < 4.78 is 27.7. The zero-order valence-electron chi connectivity index (χ0n) is 13.1. The topological polar surface area (TPSA) is 58.2 Å². The maximum atomic E-state index is 12.5. The van der Waals surface area contributed by atoms with Gasteiger partial charge in [-0.2, -0.15) is 0 Å². The van der Waals surface area contributed by atoms with Gasteiger partial charge < -0.3 is 5.32 Å². The summed E-state index contributed by atoms with van der Waals surface area (Å²) in [6.07, 6.45) is 5.50. The molecule has 0 spiro atoms. The molecule has 2 N–H and O–H groups in total. The fourth-order valence-corrected chi connectivity index (χ4v) is 5.17. The normalized spacial score (nSPS) is 17.1. The second-order valence-corrected chi connectivity index (χ2v) is 8.98. The zero-order valence-corrected chi connectivity index (χ0v) is 14.7. The molecule has 0 aliphatic heterocycles. The lowest BCUT2D eigenvalue weighted by Gasteiger charge is -2.13. The van der Waals surface area contributed by atoms with E-state index in [0.29, 0.717) is 10.9 Å². The number of sulfonamides is 1. The largest absolute Gasteiger partial charge is 0.309 e. The van der Waals surface area contributed by atoms with E-state index in [2.05, 4.69) is 17.0 Å². The summed E-state index contributed by atoms with van der Waals surface area (Å²) in [4.78, 5) is 2.42. The van der Waals surface area contributed by atoms with Crippen molar-refractivity contribution in [2.45, 2.75) is 76.4 Å². The predicted molar refractivity (Wildman–Crippen MR) is 88.2 cm³/mol. The van der Waals surface area contributed by atoms with Crippen molar-refractivity contribution in [2.24, 2.45) is 0 Å². The molecule has 0 radical (unpaired) electrons. The van der Waals surface area contributed by atoms with Crippen molar-refractivity contribution in [1.29, 1.82) is 0 Å². The molecule has 1 heterocycles. The molecule has 2 rings (SSSR count). The van der Waals surface area contributed by atoms with Crippen molar-refractivity contribution in [3.63, 3.8) is 0 Å². The second kappa shape index (κ2) is 7.22. The predicted octanol–water partition coefficient (Wildman–Crippen LogP) is 3.17. The lowest BCUT2D eigenvalue weighted by atomic mass is 10.2. The molecule has 1 fully saturated rings. The van der Waals surface area contributed by atoms with Crippen LogP contribution in [0.4, 0.5) is 0 Å². The van der Waals surface area contributed by atoms with Crippen molar-refractivity contribution < 1.29 is 8.42 Å². The number of rotatable bonds is 9. The third-order valence-electron chi connectivity index (χ3n) is 3.70. The Morgan fingerprint density at radius 3 is 2.76 bits per heavy atom. The zero-order chi connectivity index (χ0) is 15.5. The lowest BCUT2D eigenvalue weighted by Crippen LogP contribution is -2.32. The Bertz CT molecular complexity index is 562. The van der Waals surface area contributed by atoms with Gasteiger partial charge in [0.1, 0.15) is 0 Å². The van der Waals surface area contributed by atoms with Gasteiger partial charge in [0.05, 0.1) is 4.90 Å². The summed E-state index contributed by atoms with van der Waals surface area (Å²) in [5.74, 6) is 0. The van der Waals surface area contributed by atoms with E-state index >= 15 is 0 Å². The number of nitrogens with one attached hydrogen (secondary N) is 2. The van der Waals surface area contributed by atoms with Crippen LogP contribution in [0.15, 0.2) is 11.0 Å². The van der Waals surface area contributed by atoms with Crippen molar-refractivity contribution >= 4 is 21.4 Å². The van der Waals surface area contributed by atoms with Crippen molar-refractivity contribution in [1.82, 2.24) is 10.0 Å². The van der Waals surface area contributed by atoms with Crippen LogP contribution in [-0.2, 0) is 16.6 Å². The highest BCUT2D eigenvalue weighted by atomic mass is 32.2. The van der Waals surface area contributed by atoms with Crippen LogP contribution in [0.5, 0.6) is 0 Å². The summed E-state index contributed by atoms with van der Waals surface area (Å²) in [7, 11) is -3.39. The molecule has 0 amide bonds. The summed E-state index contributed by atoms with van der Waals surface area (Å²) in [5.41, 5.74) is 0. The highest BCUT2D eigenvalue weighted by Crippen LogP contribution is 2.27. The molecule has 1 aromatic heterocycles. The van der Waals surface area contributed by atoms with Crippen LogP contribution in [0.2, 0.25) is 0 Å². The molecule has 1 unspecified atom stereocenters. The van der Waals surface area contributed by atoms with Gasteiger partial charge in [0.15, 0.2) is 0 Å². The van der Waals surface area contributed by atoms with E-state index in [1.807, 2.05) is 19.9 Å². The van der Waals surface area contributed by atoms with Crippen molar-refractivity contribution in [2.75, 3.05) is 0 Å². The minimum absolute atomic E-state index is 0.0118. The Hall–Kier alpha value is -0.430. The van der Waals surface area contributed by atoms with Gasteiger partial charge in [0.2, 0.25) is 10.0 Å². The number of thiophene rings is 1. The summed E-state index contributed by atoms with van der Waals surface area (Å²) >= 11 is 1.57. The van der Waals surface area contributed by atoms with Gasteiger partial charge in [0, 0.05) is 28.4 Å². The summed E-state index contributed by atoms with van der Waals surface area (Å²) in [6.45, 7) is 6.71. The number of aryl methyl sites for hydroxylation is 1. The minimum Gasteiger partial charge on any atom is -0.309 e. The Labute approximate surface area is 132 Å². The van der Waals surface area contributed by atoms with Crippen LogP contribution in [-0.4, -0.2) is 20.5 Å². The van der Waals surface area contributed by atoms with Crippen molar-refractivity contribution in [3.8, 4) is 0 Å². The molecule has 120 valence electrons. The molecule has 6 heteroatoms. The highest BCUT2D eigenvalue weighted by molar-refractivity contribution is 7.89. The fourth-order valence-electron chi connectivity index (χ4n) is 2.31. The average Bonchev–Trinajstić information content (AvgIpc) is 3.15. The van der Waals surface area contributed by atoms with Crippen LogP contribution in [0.3, 0.4) is 0 Å². The van der Waals surface area contributed by atoms with Gasteiger partial charge >= 0.3 is 0 Å². The molecule has 1 aliphatic carbocycles. The highest BCUT2D eigenvalue weighted by Gasteiger charge is 2.23. The van der Waals surface area contributed by atoms with Gasteiger partial charge in [-0.15, -0.1) is 11.3 Å². The summed E-state index contributed by atoms with van der Waals surface area (Å²) in [5, 5.41) is 3.43. The third kappa shape index (κ3) is 5.06. The van der Waals surface area contributed by atoms with Gasteiger partial charge in [-0.25, -0.2) is 13.1 Å². The maximum Gasteiger partial charge on any atom is 0.241 e. The molecule has 21 heavy (non-hydrogen) atoms. The number of hydrogen-bond acceptors (Lipinski definition) is 4. The quantitative estimate of drug-likeness (QED) is 0.731. The molecule has 1 atom stereocenters. The van der Waals surface area contributed by atoms with E-state index in [-0.39, 0.29) is 6.04 Å². The first-order chi connectivity index (χ1) is 9.92. The Morgan fingerprint density at radius 1 is 1.43 bits per heavy atom. The monoisotopic (exact) mass is 330 g/mol. The molecule has 4 nitrogen and oxygen atoms in total. The van der Waals surface area contributed by atoms with Crippen LogP contribution < -0.4 is 10.0 Å². The number of hydrogen-bond donors (Lipinski definition) is 2. The minimum atomic E-state index is -3.39. The SMILES string of the molecule is CCCCC(C)NS(=O)(=O)c1cc(CNC2CC2)sc1C. The van der Waals surface area contributed by atoms with E-state index in [1.165, 1.54) is 12.8 Å². The molecule has 0 saturated heterocycles. The van der Waals surface area contributed by atoms with E-state index in [1.54, 1.807) is 11.3 Å². The first kappa shape index (κ1) is 16.9. The molecule has 0 bridgehead atoms. The molecular weight excluding hydrogens is 304 g/mol. The van der Waals surface area contributed by atoms with E-state index in [0.717, 1.165) is 35.6 Å². The van der Waals surface area contributed by atoms with E-state index in [9.17, 15) is 8.42 Å². The van der Waals surface area contributed by atoms with Gasteiger partial charge in [-0.1, -0.05) is 19.8 Å². The Morgan fingerprint density at radius 2 is 2.14 bits per heavy atom. The van der Waals surface area contributed by atoms with Crippen LogP contribution in [0.1, 0.15) is 55.7 Å². The molecule has 1 saturated carbocycles. The Kier molecular flexibility index (Phi) is 5.82. The van der Waals surface area contributed by atoms with Gasteiger partial charge in [-0.3, -0.25) is 0 Å². The van der Waals surface area contributed by atoms with Crippen LogP contribution in [0.25, 0.3) is 0 Å². The average molecular weight is 331 g/mol. The number of unbranched alkanes of at least 4 members (excludes halogenated alkanes) is 1. The standard InChI is InChI=1S/C15H26N2O2S2/c1-4-5-6-11(2)17-21(18,19)15-9-14(20-12(15)3)10-16-13-7-8-13/h9,11,13,16-17H,4-8,10H2,1-3H3. The molecular formula is C15H26N2O2S2. The third-order valence-corrected chi connectivity index (χ3v) is 6.60. The summed E-state index contributed by atoms with van der Waals surface area (Å²) in [6, 6.07) is 2.45. The first-order valence-corrected chi connectivity index (χ1v) is 10.1. The van der Waals surface area contributed by atoms with Crippen molar-refractivity contribution in [3.05, 3.63) is 15.8 Å². The van der Waals surface area contributed by atoms with E-state index in [4.69, 9.17) is 0 Å². The van der Waals surface area contributed by atoms with Crippen LogP contribution in [0, 0.1) is 6.92 Å². The van der Waals surface area contributed by atoms with Gasteiger partial charge in [-0.05, 0) is 39.2 Å². The molecule has 0 aromatic carbocycles. The second-order valence-electron chi connectivity index (χ2n) is 5.95. The van der Waals surface area contributed by atoms with Gasteiger partial charge in [0.25, 0.3) is 0 Å². The van der Waals surface area contributed by atoms with Crippen LogP contribution >= 0.6 is 11.3 Å². The Balaban J connectivity index is 2.00. The smallest absolute Gasteiger partial charge is 0.241 e. The maximum absolute atomic E-state index is 12.5. The van der Waals surface area contributed by atoms with E-state index < -0.39 is 10.0 Å². The first-order valence-electron chi connectivity index (χ1n) is 7.77. The fraction of sp³-hybridized carbons (Fsp3) is 0.733. The lowest BCUT2D eigenvalue weighted by molar-refractivity contribution is 0.534. The molecule has 1 aromatic rings. The molecule has 1 aliphatic rings.